The zero-order chi connectivity index (χ0) is 15.2. The first-order valence-electron chi connectivity index (χ1n) is 7.66. The lowest BCUT2D eigenvalue weighted by atomic mass is 9.79. The molecule has 0 aromatic rings. The van der Waals surface area contributed by atoms with Crippen LogP contribution in [-0.4, -0.2) is 42.9 Å². The highest BCUT2D eigenvalue weighted by molar-refractivity contribution is 5.88. The van der Waals surface area contributed by atoms with Gasteiger partial charge in [0.1, 0.15) is 0 Å². The largest absolute Gasteiger partial charge is 0.352 e. The number of hydrogen-bond acceptors (Lipinski definition) is 3. The van der Waals surface area contributed by atoms with Crippen LogP contribution in [0.5, 0.6) is 0 Å². The Kier molecular flexibility index (Phi) is 6.46. The summed E-state index contributed by atoms with van der Waals surface area (Å²) in [5.74, 6) is -0.0857. The van der Waals surface area contributed by atoms with E-state index in [2.05, 4.69) is 5.32 Å². The van der Waals surface area contributed by atoms with Crippen LogP contribution in [-0.2, 0) is 9.59 Å². The van der Waals surface area contributed by atoms with Crippen LogP contribution in [0.15, 0.2) is 0 Å². The maximum atomic E-state index is 12.7. The van der Waals surface area contributed by atoms with Crippen LogP contribution in [0.3, 0.4) is 0 Å². The lowest BCUT2D eigenvalue weighted by Gasteiger charge is -2.34. The first kappa shape index (κ1) is 17.0. The van der Waals surface area contributed by atoms with Gasteiger partial charge in [-0.3, -0.25) is 9.59 Å². The minimum absolute atomic E-state index is 0.0285. The maximum absolute atomic E-state index is 12.7. The van der Waals surface area contributed by atoms with Gasteiger partial charge in [-0.2, -0.15) is 0 Å². The third kappa shape index (κ3) is 4.47. The van der Waals surface area contributed by atoms with Crippen LogP contribution in [0.2, 0.25) is 0 Å². The minimum Gasteiger partial charge on any atom is -0.352 e. The van der Waals surface area contributed by atoms with E-state index in [4.69, 9.17) is 5.73 Å². The Hall–Kier alpha value is -1.10. The van der Waals surface area contributed by atoms with E-state index in [0.717, 1.165) is 25.7 Å². The van der Waals surface area contributed by atoms with E-state index in [1.165, 1.54) is 17.7 Å². The van der Waals surface area contributed by atoms with Crippen molar-refractivity contribution >= 4 is 11.8 Å². The van der Waals surface area contributed by atoms with E-state index in [9.17, 15) is 9.59 Å². The van der Waals surface area contributed by atoms with Gasteiger partial charge in [-0.25, -0.2) is 0 Å². The molecule has 5 nitrogen and oxygen atoms in total. The SMILES string of the molecule is CC(C)NC(=O)CN(C)C(=O)C1(CN)CCCCCC1. The monoisotopic (exact) mass is 283 g/mol. The number of nitrogens with zero attached hydrogens (tertiary/aromatic N) is 1. The van der Waals surface area contributed by atoms with E-state index < -0.39 is 5.41 Å². The number of likely N-dealkylation sites (N-methyl/N-ethyl adjacent to an activating group) is 1. The van der Waals surface area contributed by atoms with Gasteiger partial charge in [-0.15, -0.1) is 0 Å². The molecule has 0 unspecified atom stereocenters. The molecule has 0 aromatic heterocycles. The van der Waals surface area contributed by atoms with E-state index in [1.807, 2.05) is 13.8 Å². The van der Waals surface area contributed by atoms with Crippen molar-refractivity contribution in [3.8, 4) is 0 Å². The normalized spacial score (nSPS) is 18.4. The fourth-order valence-corrected chi connectivity index (χ4v) is 2.97. The zero-order valence-corrected chi connectivity index (χ0v) is 13.1. The summed E-state index contributed by atoms with van der Waals surface area (Å²) in [5.41, 5.74) is 5.45. The van der Waals surface area contributed by atoms with E-state index >= 15 is 0 Å². The number of hydrogen-bond donors (Lipinski definition) is 2. The summed E-state index contributed by atoms with van der Waals surface area (Å²) in [6.07, 6.45) is 6.14. The quantitative estimate of drug-likeness (QED) is 0.746. The molecule has 0 radical (unpaired) electrons. The molecule has 1 fully saturated rings. The molecule has 0 atom stereocenters. The molecule has 0 aliphatic heterocycles. The number of rotatable bonds is 5. The molecule has 0 heterocycles. The second-order valence-electron chi connectivity index (χ2n) is 6.28. The van der Waals surface area contributed by atoms with Gasteiger partial charge in [0.2, 0.25) is 11.8 Å². The third-order valence-electron chi connectivity index (χ3n) is 4.08. The first-order valence-corrected chi connectivity index (χ1v) is 7.66. The van der Waals surface area contributed by atoms with Crippen molar-refractivity contribution in [2.45, 2.75) is 58.4 Å². The van der Waals surface area contributed by atoms with Crippen molar-refractivity contribution in [3.05, 3.63) is 0 Å². The predicted molar refractivity (Wildman–Crippen MR) is 80.1 cm³/mol. The highest BCUT2D eigenvalue weighted by Crippen LogP contribution is 2.35. The second-order valence-corrected chi connectivity index (χ2v) is 6.28. The van der Waals surface area contributed by atoms with E-state index in [-0.39, 0.29) is 24.4 Å². The number of nitrogens with one attached hydrogen (secondary N) is 1. The average Bonchev–Trinajstić information content (AvgIpc) is 2.62. The molecule has 0 bridgehead atoms. The molecule has 1 rings (SSSR count). The minimum atomic E-state index is -0.455. The van der Waals surface area contributed by atoms with Crippen molar-refractivity contribution in [2.75, 3.05) is 20.1 Å². The maximum Gasteiger partial charge on any atom is 0.239 e. The summed E-state index contributed by atoms with van der Waals surface area (Å²) in [6.45, 7) is 4.31. The Morgan fingerprint density at radius 3 is 2.20 bits per heavy atom. The van der Waals surface area contributed by atoms with Crippen molar-refractivity contribution < 1.29 is 9.59 Å². The zero-order valence-electron chi connectivity index (χ0n) is 13.1. The molecule has 1 saturated carbocycles. The highest BCUT2D eigenvalue weighted by Gasteiger charge is 2.39. The summed E-state index contributed by atoms with van der Waals surface area (Å²) in [5, 5.41) is 2.81. The van der Waals surface area contributed by atoms with Gasteiger partial charge in [-0.1, -0.05) is 25.7 Å². The van der Waals surface area contributed by atoms with Crippen molar-refractivity contribution in [1.82, 2.24) is 10.2 Å². The van der Waals surface area contributed by atoms with Crippen LogP contribution in [0, 0.1) is 5.41 Å². The Bertz CT molecular complexity index is 334. The van der Waals surface area contributed by atoms with Crippen molar-refractivity contribution in [2.24, 2.45) is 11.1 Å². The first-order chi connectivity index (χ1) is 9.41. The van der Waals surface area contributed by atoms with Gasteiger partial charge in [0.15, 0.2) is 0 Å². The Labute approximate surface area is 122 Å². The number of nitrogens with two attached hydrogens (primary N) is 1. The van der Waals surface area contributed by atoms with Gasteiger partial charge in [0.05, 0.1) is 12.0 Å². The summed E-state index contributed by atoms with van der Waals surface area (Å²) in [7, 11) is 1.70. The molecule has 0 aromatic carbocycles. The molecule has 5 heteroatoms. The fraction of sp³-hybridized carbons (Fsp3) is 0.867. The molecular weight excluding hydrogens is 254 g/mol. The summed E-state index contributed by atoms with van der Waals surface area (Å²) >= 11 is 0. The highest BCUT2D eigenvalue weighted by atomic mass is 16.2. The molecule has 20 heavy (non-hydrogen) atoms. The average molecular weight is 283 g/mol. The smallest absolute Gasteiger partial charge is 0.239 e. The number of carbonyl (C=O) groups excluding carboxylic acids is 2. The Balaban J connectivity index is 2.67. The second kappa shape index (κ2) is 7.62. The Morgan fingerprint density at radius 2 is 1.75 bits per heavy atom. The molecule has 1 aliphatic rings. The molecule has 1 aliphatic carbocycles. The lowest BCUT2D eigenvalue weighted by molar-refractivity contribution is -0.144. The van der Waals surface area contributed by atoms with E-state index in [1.54, 1.807) is 7.05 Å². The topological polar surface area (TPSA) is 75.4 Å². The van der Waals surface area contributed by atoms with E-state index in [0.29, 0.717) is 6.54 Å². The molecule has 0 saturated heterocycles. The number of carbonyl (C=O) groups is 2. The van der Waals surface area contributed by atoms with Crippen molar-refractivity contribution in [1.29, 1.82) is 0 Å². The molecule has 116 valence electrons. The molecular formula is C15H29N3O2. The van der Waals surface area contributed by atoms with Crippen molar-refractivity contribution in [3.63, 3.8) is 0 Å². The molecule has 0 spiro atoms. The summed E-state index contributed by atoms with van der Waals surface area (Å²) < 4.78 is 0. The van der Waals surface area contributed by atoms with Gasteiger partial charge in [-0.05, 0) is 26.7 Å². The number of amides is 2. The lowest BCUT2D eigenvalue weighted by Crippen LogP contribution is -2.49. The van der Waals surface area contributed by atoms with Crippen LogP contribution < -0.4 is 11.1 Å². The molecule has 3 N–H and O–H groups in total. The summed E-state index contributed by atoms with van der Waals surface area (Å²) in [4.78, 5) is 26.0. The van der Waals surface area contributed by atoms with Crippen LogP contribution in [0.1, 0.15) is 52.4 Å². The van der Waals surface area contributed by atoms with Gasteiger partial charge < -0.3 is 16.0 Å². The van der Waals surface area contributed by atoms with Gasteiger partial charge in [0, 0.05) is 19.6 Å². The predicted octanol–water partition coefficient (Wildman–Crippen LogP) is 1.27. The van der Waals surface area contributed by atoms with Gasteiger partial charge in [0.25, 0.3) is 0 Å². The summed E-state index contributed by atoms with van der Waals surface area (Å²) in [6, 6.07) is 0.0901. The van der Waals surface area contributed by atoms with Gasteiger partial charge >= 0.3 is 0 Å². The van der Waals surface area contributed by atoms with Crippen LogP contribution in [0.25, 0.3) is 0 Å². The van der Waals surface area contributed by atoms with Crippen LogP contribution >= 0.6 is 0 Å². The fourth-order valence-electron chi connectivity index (χ4n) is 2.97. The molecule has 2 amide bonds. The third-order valence-corrected chi connectivity index (χ3v) is 4.08. The van der Waals surface area contributed by atoms with Crippen LogP contribution in [0.4, 0.5) is 0 Å². The Morgan fingerprint density at radius 1 is 1.20 bits per heavy atom. The standard InChI is InChI=1S/C15H29N3O2/c1-12(2)17-13(19)10-18(3)14(20)15(11-16)8-6-4-5-7-9-15/h12H,4-11,16H2,1-3H3,(H,17,19).